The number of alkyl halides is 3. The van der Waals surface area contributed by atoms with Crippen molar-refractivity contribution in [3.05, 3.63) is 11.7 Å². The average Bonchev–Trinajstić information content (AvgIpc) is 2.68. The SMILES string of the molecule is CC(N)CCc1nc(CCOCC(F)(F)F)no1. The van der Waals surface area contributed by atoms with Crippen LogP contribution in [0.15, 0.2) is 4.52 Å². The molecule has 1 aromatic rings. The molecule has 0 saturated heterocycles. The fourth-order valence-electron chi connectivity index (χ4n) is 1.20. The molecule has 2 N–H and O–H groups in total. The van der Waals surface area contributed by atoms with Crippen molar-refractivity contribution >= 4 is 0 Å². The maximum absolute atomic E-state index is 11.8. The Hall–Kier alpha value is -1.15. The van der Waals surface area contributed by atoms with Gasteiger partial charge >= 0.3 is 6.18 Å². The van der Waals surface area contributed by atoms with Gasteiger partial charge in [-0.15, -0.1) is 0 Å². The largest absolute Gasteiger partial charge is 0.411 e. The average molecular weight is 267 g/mol. The van der Waals surface area contributed by atoms with E-state index in [9.17, 15) is 13.2 Å². The van der Waals surface area contributed by atoms with Crippen LogP contribution in [-0.4, -0.2) is 35.6 Å². The highest BCUT2D eigenvalue weighted by molar-refractivity contribution is 4.87. The Bertz CT molecular complexity index is 352. The molecule has 0 spiro atoms. The van der Waals surface area contributed by atoms with Gasteiger partial charge in [0.05, 0.1) is 6.61 Å². The van der Waals surface area contributed by atoms with Crippen LogP contribution < -0.4 is 5.73 Å². The molecule has 1 unspecified atom stereocenters. The molecule has 0 bridgehead atoms. The highest BCUT2D eigenvalue weighted by Gasteiger charge is 2.27. The third kappa shape index (κ3) is 6.55. The number of hydrogen-bond donors (Lipinski definition) is 1. The standard InChI is InChI=1S/C10H16F3N3O2/c1-7(14)2-3-9-15-8(16-18-9)4-5-17-6-10(11,12)13/h7H,2-6,14H2,1H3. The van der Waals surface area contributed by atoms with Gasteiger partial charge in [0.15, 0.2) is 5.82 Å². The van der Waals surface area contributed by atoms with Gasteiger partial charge in [-0.3, -0.25) is 0 Å². The highest BCUT2D eigenvalue weighted by atomic mass is 19.4. The zero-order valence-corrected chi connectivity index (χ0v) is 10.0. The second-order valence-corrected chi connectivity index (χ2v) is 4.04. The van der Waals surface area contributed by atoms with Gasteiger partial charge in [0.25, 0.3) is 0 Å². The van der Waals surface area contributed by atoms with Crippen LogP contribution in [0, 0.1) is 0 Å². The maximum Gasteiger partial charge on any atom is 0.411 e. The summed E-state index contributed by atoms with van der Waals surface area (Å²) in [6, 6.07) is 0.0375. The van der Waals surface area contributed by atoms with Crippen molar-refractivity contribution in [1.82, 2.24) is 10.1 Å². The normalized spacial score (nSPS) is 13.8. The molecule has 0 aliphatic rings. The molecule has 0 aliphatic heterocycles. The Morgan fingerprint density at radius 1 is 1.39 bits per heavy atom. The highest BCUT2D eigenvalue weighted by Crippen LogP contribution is 2.14. The Kier molecular flexibility index (Phi) is 5.54. The van der Waals surface area contributed by atoms with E-state index in [1.165, 1.54) is 0 Å². The molecule has 104 valence electrons. The lowest BCUT2D eigenvalue weighted by Crippen LogP contribution is -2.18. The lowest BCUT2D eigenvalue weighted by Gasteiger charge is -2.05. The molecule has 1 heterocycles. The molecule has 18 heavy (non-hydrogen) atoms. The van der Waals surface area contributed by atoms with Crippen molar-refractivity contribution < 1.29 is 22.4 Å². The number of rotatable bonds is 7. The molecule has 0 amide bonds. The van der Waals surface area contributed by atoms with Crippen LogP contribution in [0.1, 0.15) is 25.1 Å². The van der Waals surface area contributed by atoms with E-state index in [-0.39, 0.29) is 19.1 Å². The smallest absolute Gasteiger partial charge is 0.372 e. The van der Waals surface area contributed by atoms with E-state index in [1.54, 1.807) is 0 Å². The summed E-state index contributed by atoms with van der Waals surface area (Å²) in [5, 5.41) is 3.64. The molecule has 1 aromatic heterocycles. The van der Waals surface area contributed by atoms with Crippen LogP contribution in [0.25, 0.3) is 0 Å². The monoisotopic (exact) mass is 267 g/mol. The van der Waals surface area contributed by atoms with Gasteiger partial charge in [0.1, 0.15) is 6.61 Å². The summed E-state index contributed by atoms with van der Waals surface area (Å²) in [7, 11) is 0. The van der Waals surface area contributed by atoms with Crippen molar-refractivity contribution in [2.45, 2.75) is 38.4 Å². The predicted molar refractivity (Wildman–Crippen MR) is 56.8 cm³/mol. The van der Waals surface area contributed by atoms with Crippen molar-refractivity contribution in [3.63, 3.8) is 0 Å². The number of ether oxygens (including phenoxy) is 1. The Balaban J connectivity index is 2.23. The Morgan fingerprint density at radius 2 is 2.11 bits per heavy atom. The van der Waals surface area contributed by atoms with Crippen LogP contribution in [0.2, 0.25) is 0 Å². The summed E-state index contributed by atoms with van der Waals surface area (Å²) in [5.41, 5.74) is 5.57. The Labute approximate surface area is 102 Å². The summed E-state index contributed by atoms with van der Waals surface area (Å²) >= 11 is 0. The van der Waals surface area contributed by atoms with Gasteiger partial charge in [0, 0.05) is 18.9 Å². The predicted octanol–water partition coefficient (Wildman–Crippen LogP) is 1.47. The van der Waals surface area contributed by atoms with E-state index < -0.39 is 12.8 Å². The minimum Gasteiger partial charge on any atom is -0.372 e. The molecule has 0 aliphatic carbocycles. The number of nitrogens with two attached hydrogens (primary N) is 1. The summed E-state index contributed by atoms with van der Waals surface area (Å²) < 4.78 is 44.7. The molecule has 0 aromatic carbocycles. The molecule has 0 saturated carbocycles. The topological polar surface area (TPSA) is 74.2 Å². The first-order chi connectivity index (χ1) is 8.37. The summed E-state index contributed by atoms with van der Waals surface area (Å²) in [6.07, 6.45) is -2.84. The number of aryl methyl sites for hydroxylation is 1. The molecule has 0 fully saturated rings. The van der Waals surface area contributed by atoms with Gasteiger partial charge in [-0.2, -0.15) is 18.2 Å². The molecule has 1 atom stereocenters. The molecular weight excluding hydrogens is 251 g/mol. The Morgan fingerprint density at radius 3 is 2.72 bits per heavy atom. The molecule has 0 radical (unpaired) electrons. The van der Waals surface area contributed by atoms with Gasteiger partial charge < -0.3 is 15.0 Å². The van der Waals surface area contributed by atoms with Crippen LogP contribution in [0.5, 0.6) is 0 Å². The number of hydrogen-bond acceptors (Lipinski definition) is 5. The molecule has 8 heteroatoms. The fraction of sp³-hybridized carbons (Fsp3) is 0.800. The zero-order chi connectivity index (χ0) is 13.6. The van der Waals surface area contributed by atoms with Gasteiger partial charge in [-0.1, -0.05) is 5.16 Å². The summed E-state index contributed by atoms with van der Waals surface area (Å²) in [4.78, 5) is 4.02. The summed E-state index contributed by atoms with van der Waals surface area (Å²) in [6.45, 7) is 0.510. The first kappa shape index (κ1) is 14.9. The lowest BCUT2D eigenvalue weighted by atomic mass is 10.2. The first-order valence-corrected chi connectivity index (χ1v) is 5.58. The third-order valence-electron chi connectivity index (χ3n) is 2.06. The van der Waals surface area contributed by atoms with E-state index >= 15 is 0 Å². The zero-order valence-electron chi connectivity index (χ0n) is 10.0. The van der Waals surface area contributed by atoms with Crippen LogP contribution in [0.4, 0.5) is 13.2 Å². The minimum atomic E-state index is -4.31. The maximum atomic E-state index is 11.8. The van der Waals surface area contributed by atoms with Crippen LogP contribution in [0.3, 0.4) is 0 Å². The van der Waals surface area contributed by atoms with E-state index in [4.69, 9.17) is 10.3 Å². The van der Waals surface area contributed by atoms with Crippen molar-refractivity contribution in [3.8, 4) is 0 Å². The van der Waals surface area contributed by atoms with Gasteiger partial charge in [-0.25, -0.2) is 0 Å². The van der Waals surface area contributed by atoms with E-state index in [0.29, 0.717) is 24.6 Å². The minimum absolute atomic E-state index is 0.0375. The second-order valence-electron chi connectivity index (χ2n) is 4.04. The van der Waals surface area contributed by atoms with Crippen molar-refractivity contribution in [2.75, 3.05) is 13.2 Å². The van der Waals surface area contributed by atoms with Gasteiger partial charge in [0.2, 0.25) is 5.89 Å². The first-order valence-electron chi connectivity index (χ1n) is 5.58. The number of aromatic nitrogens is 2. The van der Waals surface area contributed by atoms with Crippen LogP contribution >= 0.6 is 0 Å². The van der Waals surface area contributed by atoms with E-state index in [2.05, 4.69) is 14.9 Å². The number of nitrogens with zero attached hydrogens (tertiary/aromatic N) is 2. The van der Waals surface area contributed by atoms with Crippen molar-refractivity contribution in [1.29, 1.82) is 0 Å². The second kappa shape index (κ2) is 6.69. The quantitative estimate of drug-likeness (QED) is 0.757. The molecule has 1 rings (SSSR count). The number of halogens is 3. The van der Waals surface area contributed by atoms with E-state index in [1.807, 2.05) is 6.92 Å². The van der Waals surface area contributed by atoms with Crippen molar-refractivity contribution in [2.24, 2.45) is 5.73 Å². The lowest BCUT2D eigenvalue weighted by molar-refractivity contribution is -0.173. The molecule has 5 nitrogen and oxygen atoms in total. The molecular formula is C10H16F3N3O2. The fourth-order valence-corrected chi connectivity index (χ4v) is 1.20. The van der Waals surface area contributed by atoms with Crippen LogP contribution in [-0.2, 0) is 17.6 Å². The van der Waals surface area contributed by atoms with Gasteiger partial charge in [-0.05, 0) is 13.3 Å². The summed E-state index contributed by atoms with van der Waals surface area (Å²) in [5.74, 6) is 0.787. The van der Waals surface area contributed by atoms with E-state index in [0.717, 1.165) is 0 Å². The third-order valence-corrected chi connectivity index (χ3v) is 2.06.